The molecule has 1 aliphatic heterocycles. The van der Waals surface area contributed by atoms with Crippen LogP contribution in [0, 0.1) is 5.92 Å². The van der Waals surface area contributed by atoms with Gasteiger partial charge in [-0.05, 0) is 38.3 Å². The van der Waals surface area contributed by atoms with Gasteiger partial charge in [0.25, 0.3) is 0 Å². The summed E-state index contributed by atoms with van der Waals surface area (Å²) in [7, 11) is 0. The van der Waals surface area contributed by atoms with E-state index in [1.54, 1.807) is 0 Å². The Morgan fingerprint density at radius 3 is 2.70 bits per heavy atom. The van der Waals surface area contributed by atoms with Crippen molar-refractivity contribution in [3.63, 3.8) is 0 Å². The number of fused-ring (bicyclic) bond motifs is 1. The Labute approximate surface area is 120 Å². The molecule has 1 aromatic carbocycles. The normalized spacial score (nSPS) is 18.9. The third-order valence-corrected chi connectivity index (χ3v) is 4.43. The lowest BCUT2D eigenvalue weighted by molar-refractivity contribution is 0.356. The minimum atomic E-state index is -0.136. The van der Waals surface area contributed by atoms with E-state index in [9.17, 15) is 0 Å². The Morgan fingerprint density at radius 1 is 1.25 bits per heavy atom. The van der Waals surface area contributed by atoms with Gasteiger partial charge < -0.3 is 10.3 Å². The highest BCUT2D eigenvalue weighted by molar-refractivity contribution is 5.31. The summed E-state index contributed by atoms with van der Waals surface area (Å²) in [5.74, 6) is 2.70. The van der Waals surface area contributed by atoms with Gasteiger partial charge in [0.1, 0.15) is 11.6 Å². The van der Waals surface area contributed by atoms with E-state index in [1.165, 1.54) is 5.56 Å². The molecule has 1 aliphatic rings. The van der Waals surface area contributed by atoms with Gasteiger partial charge in [0.15, 0.2) is 0 Å². The van der Waals surface area contributed by atoms with E-state index in [-0.39, 0.29) is 5.41 Å². The molecule has 20 heavy (non-hydrogen) atoms. The van der Waals surface area contributed by atoms with Crippen molar-refractivity contribution < 1.29 is 0 Å². The molecule has 106 valence electrons. The van der Waals surface area contributed by atoms with E-state index < -0.39 is 0 Å². The molecule has 0 saturated heterocycles. The number of hydrogen-bond acceptors (Lipinski definition) is 3. The Hall–Kier alpha value is -1.68. The van der Waals surface area contributed by atoms with Crippen molar-refractivity contribution in [1.29, 1.82) is 0 Å². The van der Waals surface area contributed by atoms with Crippen LogP contribution in [0.25, 0.3) is 0 Å². The lowest BCUT2D eigenvalue weighted by Gasteiger charge is -2.29. The minimum absolute atomic E-state index is 0.136. The number of benzene rings is 1. The van der Waals surface area contributed by atoms with E-state index >= 15 is 0 Å². The van der Waals surface area contributed by atoms with Crippen molar-refractivity contribution >= 4 is 0 Å². The number of aromatic nitrogens is 3. The number of hydrogen-bond donors (Lipinski definition) is 1. The van der Waals surface area contributed by atoms with Gasteiger partial charge in [-0.1, -0.05) is 30.3 Å². The highest BCUT2D eigenvalue weighted by Crippen LogP contribution is 2.32. The van der Waals surface area contributed by atoms with Crippen LogP contribution in [-0.2, 0) is 18.4 Å². The fourth-order valence-electron chi connectivity index (χ4n) is 3.03. The number of nitrogens with two attached hydrogens (primary N) is 1. The van der Waals surface area contributed by atoms with Crippen LogP contribution >= 0.6 is 0 Å². The molecular formula is C16H22N4. The molecular weight excluding hydrogens is 248 g/mol. The maximum absolute atomic E-state index is 5.85. The lowest BCUT2D eigenvalue weighted by Crippen LogP contribution is -2.31. The van der Waals surface area contributed by atoms with Gasteiger partial charge in [-0.2, -0.15) is 0 Å². The number of aryl methyl sites for hydroxylation is 1. The van der Waals surface area contributed by atoms with Crippen molar-refractivity contribution in [1.82, 2.24) is 14.8 Å². The van der Waals surface area contributed by atoms with Crippen molar-refractivity contribution in [2.45, 2.75) is 38.6 Å². The van der Waals surface area contributed by atoms with Crippen molar-refractivity contribution in [3.05, 3.63) is 47.5 Å². The highest BCUT2D eigenvalue weighted by Gasteiger charge is 2.32. The summed E-state index contributed by atoms with van der Waals surface area (Å²) in [6, 6.07) is 10.5. The fourth-order valence-corrected chi connectivity index (χ4v) is 3.03. The van der Waals surface area contributed by atoms with Crippen molar-refractivity contribution in [3.8, 4) is 0 Å². The molecule has 0 amide bonds. The maximum atomic E-state index is 5.85. The minimum Gasteiger partial charge on any atom is -0.330 e. The summed E-state index contributed by atoms with van der Waals surface area (Å²) >= 11 is 0. The monoisotopic (exact) mass is 270 g/mol. The molecule has 0 fully saturated rings. The molecule has 2 aromatic rings. The summed E-state index contributed by atoms with van der Waals surface area (Å²) in [6.45, 7) is 6.12. The first-order chi connectivity index (χ1) is 9.63. The molecule has 1 unspecified atom stereocenters. The molecule has 0 saturated carbocycles. The summed E-state index contributed by atoms with van der Waals surface area (Å²) in [5.41, 5.74) is 6.98. The van der Waals surface area contributed by atoms with Crippen LogP contribution in [0.4, 0.5) is 0 Å². The zero-order chi connectivity index (χ0) is 14.2. The van der Waals surface area contributed by atoms with Gasteiger partial charge in [0.2, 0.25) is 0 Å². The second kappa shape index (κ2) is 5.02. The number of nitrogens with zero attached hydrogens (tertiary/aromatic N) is 3. The number of rotatable bonds is 3. The smallest absolute Gasteiger partial charge is 0.143 e. The van der Waals surface area contributed by atoms with Crippen LogP contribution in [0.3, 0.4) is 0 Å². The molecule has 1 aromatic heterocycles. The van der Waals surface area contributed by atoms with Gasteiger partial charge in [0.05, 0.1) is 0 Å². The Kier molecular flexibility index (Phi) is 3.34. The van der Waals surface area contributed by atoms with E-state index in [0.717, 1.165) is 37.6 Å². The Bertz CT molecular complexity index is 586. The van der Waals surface area contributed by atoms with Crippen LogP contribution in [-0.4, -0.2) is 21.3 Å². The topological polar surface area (TPSA) is 56.7 Å². The first-order valence-corrected chi connectivity index (χ1v) is 7.31. The Balaban J connectivity index is 2.01. The maximum Gasteiger partial charge on any atom is 0.143 e. The third kappa shape index (κ3) is 2.14. The zero-order valence-corrected chi connectivity index (χ0v) is 12.2. The fraction of sp³-hybridized carbons (Fsp3) is 0.500. The lowest BCUT2D eigenvalue weighted by atomic mass is 9.83. The average Bonchev–Trinajstić information content (AvgIpc) is 2.91. The molecule has 4 heteroatoms. The molecule has 0 radical (unpaired) electrons. The molecule has 3 rings (SSSR count). The van der Waals surface area contributed by atoms with Crippen LogP contribution in [0.5, 0.6) is 0 Å². The quantitative estimate of drug-likeness (QED) is 0.929. The predicted octanol–water partition coefficient (Wildman–Crippen LogP) is 2.13. The van der Waals surface area contributed by atoms with Gasteiger partial charge >= 0.3 is 0 Å². The van der Waals surface area contributed by atoms with Gasteiger partial charge in [-0.15, -0.1) is 10.2 Å². The molecule has 0 aliphatic carbocycles. The first kappa shape index (κ1) is 13.3. The van der Waals surface area contributed by atoms with Gasteiger partial charge in [0, 0.05) is 18.4 Å². The van der Waals surface area contributed by atoms with Crippen molar-refractivity contribution in [2.75, 3.05) is 6.54 Å². The average molecular weight is 270 g/mol. The van der Waals surface area contributed by atoms with Gasteiger partial charge in [-0.3, -0.25) is 0 Å². The van der Waals surface area contributed by atoms with Crippen molar-refractivity contribution in [2.24, 2.45) is 11.7 Å². The van der Waals surface area contributed by atoms with Crippen LogP contribution < -0.4 is 5.73 Å². The predicted molar refractivity (Wildman–Crippen MR) is 79.5 cm³/mol. The Morgan fingerprint density at radius 2 is 2.00 bits per heavy atom. The summed E-state index contributed by atoms with van der Waals surface area (Å²) in [6.07, 6.45) is 2.11. The molecule has 0 spiro atoms. The molecule has 0 bridgehead atoms. The second-order valence-electron chi connectivity index (χ2n) is 6.18. The third-order valence-electron chi connectivity index (χ3n) is 4.43. The van der Waals surface area contributed by atoms with Crippen LogP contribution in [0.1, 0.15) is 37.5 Å². The van der Waals surface area contributed by atoms with E-state index in [0.29, 0.717) is 5.92 Å². The van der Waals surface area contributed by atoms with Gasteiger partial charge in [-0.25, -0.2) is 0 Å². The van der Waals surface area contributed by atoms with Crippen LogP contribution in [0.15, 0.2) is 30.3 Å². The zero-order valence-electron chi connectivity index (χ0n) is 12.2. The molecule has 4 nitrogen and oxygen atoms in total. The van der Waals surface area contributed by atoms with Crippen LogP contribution in [0.2, 0.25) is 0 Å². The SMILES string of the molecule is CC(C)(c1ccccc1)c1nnc2n1CC(CN)CC2. The van der Waals surface area contributed by atoms with E-state index in [4.69, 9.17) is 5.73 Å². The highest BCUT2D eigenvalue weighted by atomic mass is 15.3. The second-order valence-corrected chi connectivity index (χ2v) is 6.18. The summed E-state index contributed by atoms with van der Waals surface area (Å²) in [5, 5.41) is 8.88. The summed E-state index contributed by atoms with van der Waals surface area (Å²) < 4.78 is 2.29. The molecule has 1 atom stereocenters. The first-order valence-electron chi connectivity index (χ1n) is 7.31. The molecule has 2 N–H and O–H groups in total. The van der Waals surface area contributed by atoms with E-state index in [1.807, 2.05) is 6.07 Å². The largest absolute Gasteiger partial charge is 0.330 e. The molecule has 2 heterocycles. The standard InChI is InChI=1S/C16H22N4/c1-16(2,13-6-4-3-5-7-13)15-19-18-14-9-8-12(10-17)11-20(14)15/h3-7,12H,8-11,17H2,1-2H3. The van der Waals surface area contributed by atoms with E-state index in [2.05, 4.69) is 52.9 Å². The summed E-state index contributed by atoms with van der Waals surface area (Å²) in [4.78, 5) is 0.